The highest BCUT2D eigenvalue weighted by atomic mass is 31.2. The molecule has 3 aromatic rings. The summed E-state index contributed by atoms with van der Waals surface area (Å²) in [6.45, 7) is 9.67. The lowest BCUT2D eigenvalue weighted by Gasteiger charge is -2.22. The van der Waals surface area contributed by atoms with E-state index < -0.39 is 18.2 Å². The van der Waals surface area contributed by atoms with Crippen LogP contribution in [0.4, 0.5) is 0 Å². The Kier molecular flexibility index (Phi) is 5.73. The van der Waals surface area contributed by atoms with Crippen LogP contribution in [-0.2, 0) is 4.57 Å². The van der Waals surface area contributed by atoms with Gasteiger partial charge in [-0.2, -0.15) is 0 Å². The molecule has 0 aliphatic heterocycles. The third-order valence-corrected chi connectivity index (χ3v) is 8.58. The number of carbonyl (C=O) groups excluding carboxylic acids is 2. The number of hydrogen-bond acceptors (Lipinski definition) is 3. The second-order valence-corrected chi connectivity index (χ2v) is 9.97. The van der Waals surface area contributed by atoms with Gasteiger partial charge in [-0.05, 0) is 62.4 Å². The molecule has 0 radical (unpaired) electrons. The van der Waals surface area contributed by atoms with Crippen LogP contribution in [0, 0.1) is 34.6 Å². The predicted octanol–water partition coefficient (Wildman–Crippen LogP) is 5.90. The molecule has 0 fully saturated rings. The molecule has 0 heterocycles. The first kappa shape index (κ1) is 21.0. The van der Waals surface area contributed by atoms with Crippen molar-refractivity contribution in [3.05, 3.63) is 99.6 Å². The Balaban J connectivity index is 2.31. The molecule has 0 aromatic heterocycles. The SMILES string of the molecule is Cc1c(C)c(C)c(C(=O)P(=O)(C(=O)c2ccccc2)c2ccccc2)c(C)c1C. The van der Waals surface area contributed by atoms with Crippen LogP contribution in [0.2, 0.25) is 0 Å². The molecule has 3 rings (SSSR count). The van der Waals surface area contributed by atoms with Crippen LogP contribution in [0.15, 0.2) is 60.7 Å². The van der Waals surface area contributed by atoms with Gasteiger partial charge >= 0.3 is 0 Å². The van der Waals surface area contributed by atoms with Crippen molar-refractivity contribution in [1.82, 2.24) is 0 Å². The maximum atomic E-state index is 14.3. The van der Waals surface area contributed by atoms with E-state index in [9.17, 15) is 14.2 Å². The lowest BCUT2D eigenvalue weighted by Crippen LogP contribution is -2.22. The minimum absolute atomic E-state index is 0.272. The Morgan fingerprint density at radius 2 is 1.00 bits per heavy atom. The number of benzene rings is 3. The highest BCUT2D eigenvalue weighted by Gasteiger charge is 2.44. The van der Waals surface area contributed by atoms with E-state index in [2.05, 4.69) is 0 Å². The quantitative estimate of drug-likeness (QED) is 0.498. The third-order valence-electron chi connectivity index (χ3n) is 5.93. The van der Waals surface area contributed by atoms with E-state index in [0.29, 0.717) is 5.56 Å². The first-order valence-electron chi connectivity index (χ1n) is 9.58. The van der Waals surface area contributed by atoms with Gasteiger partial charge in [0.2, 0.25) is 18.2 Å². The smallest absolute Gasteiger partial charge is 0.248 e. The first-order valence-corrected chi connectivity index (χ1v) is 11.3. The Morgan fingerprint density at radius 1 is 0.586 bits per heavy atom. The molecule has 0 saturated carbocycles. The minimum atomic E-state index is -4.08. The van der Waals surface area contributed by atoms with Crippen molar-refractivity contribution in [1.29, 1.82) is 0 Å². The molecule has 3 nitrogen and oxygen atoms in total. The highest BCUT2D eigenvalue weighted by molar-refractivity contribution is 8.01. The fraction of sp³-hybridized carbons (Fsp3) is 0.200. The van der Waals surface area contributed by atoms with Crippen LogP contribution in [0.1, 0.15) is 48.5 Å². The first-order chi connectivity index (χ1) is 13.7. The molecule has 29 heavy (non-hydrogen) atoms. The largest absolute Gasteiger partial charge is 0.302 e. The van der Waals surface area contributed by atoms with E-state index >= 15 is 0 Å². The maximum absolute atomic E-state index is 14.3. The summed E-state index contributed by atoms with van der Waals surface area (Å²) in [7, 11) is -4.08. The summed E-state index contributed by atoms with van der Waals surface area (Å²) < 4.78 is 14.3. The van der Waals surface area contributed by atoms with E-state index in [1.165, 1.54) is 0 Å². The van der Waals surface area contributed by atoms with Crippen LogP contribution >= 0.6 is 7.14 Å². The van der Waals surface area contributed by atoms with Gasteiger partial charge in [-0.3, -0.25) is 9.59 Å². The van der Waals surface area contributed by atoms with Crippen molar-refractivity contribution in [2.24, 2.45) is 0 Å². The standard InChI is InChI=1S/C25H25O3P/c1-16-17(2)19(4)23(20(5)18(16)3)25(27)29(28,22-14-10-7-11-15-22)24(26)21-12-8-6-9-13-21/h6-15H,1-5H3. The molecule has 0 spiro atoms. The molecule has 0 bridgehead atoms. The molecule has 3 aromatic carbocycles. The highest BCUT2D eigenvalue weighted by Crippen LogP contribution is 2.52. The second-order valence-electron chi connectivity index (χ2n) is 7.42. The summed E-state index contributed by atoms with van der Waals surface area (Å²) in [5.74, 6) is 0. The summed E-state index contributed by atoms with van der Waals surface area (Å²) in [4.78, 5) is 27.3. The van der Waals surface area contributed by atoms with Gasteiger partial charge in [0, 0.05) is 16.4 Å². The summed E-state index contributed by atoms with van der Waals surface area (Å²) >= 11 is 0. The Labute approximate surface area is 172 Å². The Morgan fingerprint density at radius 3 is 1.48 bits per heavy atom. The molecule has 148 valence electrons. The average molecular weight is 404 g/mol. The zero-order valence-electron chi connectivity index (χ0n) is 17.4. The van der Waals surface area contributed by atoms with Crippen molar-refractivity contribution >= 4 is 23.5 Å². The number of carbonyl (C=O) groups is 2. The maximum Gasteiger partial charge on any atom is 0.248 e. The van der Waals surface area contributed by atoms with Crippen molar-refractivity contribution in [2.45, 2.75) is 34.6 Å². The van der Waals surface area contributed by atoms with Crippen LogP contribution in [0.25, 0.3) is 0 Å². The molecule has 0 amide bonds. The summed E-state index contributed by atoms with van der Waals surface area (Å²) in [5, 5.41) is 0.272. The molecular weight excluding hydrogens is 379 g/mol. The normalized spacial score (nSPS) is 13.0. The van der Waals surface area contributed by atoms with Crippen molar-refractivity contribution in [3.8, 4) is 0 Å². The van der Waals surface area contributed by atoms with Gasteiger partial charge in [-0.15, -0.1) is 0 Å². The zero-order chi connectivity index (χ0) is 21.3. The predicted molar refractivity (Wildman–Crippen MR) is 119 cm³/mol. The van der Waals surface area contributed by atoms with Crippen LogP contribution in [0.5, 0.6) is 0 Å². The molecule has 0 aliphatic rings. The van der Waals surface area contributed by atoms with E-state index in [1.807, 2.05) is 34.6 Å². The molecule has 0 saturated heterocycles. The van der Waals surface area contributed by atoms with Crippen molar-refractivity contribution in [2.75, 3.05) is 0 Å². The summed E-state index contributed by atoms with van der Waals surface area (Å²) in [6.07, 6.45) is 0. The van der Waals surface area contributed by atoms with E-state index in [1.54, 1.807) is 60.7 Å². The fourth-order valence-corrected chi connectivity index (χ4v) is 6.11. The Hall–Kier alpha value is -2.77. The van der Waals surface area contributed by atoms with E-state index in [0.717, 1.165) is 27.8 Å². The van der Waals surface area contributed by atoms with Gasteiger partial charge in [0.05, 0.1) is 0 Å². The monoisotopic (exact) mass is 404 g/mol. The molecular formula is C25H25O3P. The number of rotatable bonds is 5. The molecule has 4 heteroatoms. The number of hydrogen-bond donors (Lipinski definition) is 0. The van der Waals surface area contributed by atoms with Gasteiger partial charge in [0.25, 0.3) is 0 Å². The topological polar surface area (TPSA) is 51.2 Å². The van der Waals surface area contributed by atoms with Crippen molar-refractivity contribution in [3.63, 3.8) is 0 Å². The van der Waals surface area contributed by atoms with Crippen molar-refractivity contribution < 1.29 is 14.2 Å². The molecule has 1 atom stereocenters. The molecule has 0 N–H and O–H groups in total. The summed E-state index contributed by atoms with van der Waals surface area (Å²) in [5.41, 5.74) is 4.14. The van der Waals surface area contributed by atoms with Gasteiger partial charge in [0.15, 0.2) is 0 Å². The molecule has 1 unspecified atom stereocenters. The van der Waals surface area contributed by atoms with E-state index in [4.69, 9.17) is 0 Å². The second kappa shape index (κ2) is 7.93. The van der Waals surface area contributed by atoms with Gasteiger partial charge < -0.3 is 4.57 Å². The minimum Gasteiger partial charge on any atom is -0.302 e. The van der Waals surface area contributed by atoms with Gasteiger partial charge in [0.1, 0.15) is 0 Å². The fourth-order valence-electron chi connectivity index (χ4n) is 3.71. The lowest BCUT2D eigenvalue weighted by molar-refractivity contribution is 0.104. The van der Waals surface area contributed by atoms with E-state index in [-0.39, 0.29) is 10.9 Å². The third kappa shape index (κ3) is 3.41. The lowest BCUT2D eigenvalue weighted by atomic mass is 9.90. The summed E-state index contributed by atoms with van der Waals surface area (Å²) in [6, 6.07) is 16.8. The van der Waals surface area contributed by atoms with Crippen LogP contribution < -0.4 is 5.30 Å². The average Bonchev–Trinajstić information content (AvgIpc) is 2.76. The van der Waals surface area contributed by atoms with Crippen LogP contribution in [0.3, 0.4) is 0 Å². The van der Waals surface area contributed by atoms with Gasteiger partial charge in [-0.1, -0.05) is 60.7 Å². The zero-order valence-corrected chi connectivity index (χ0v) is 18.3. The Bertz CT molecular complexity index is 1120. The van der Waals surface area contributed by atoms with Crippen LogP contribution in [-0.4, -0.2) is 11.0 Å². The molecule has 0 aliphatic carbocycles. The van der Waals surface area contributed by atoms with Gasteiger partial charge in [-0.25, -0.2) is 0 Å².